The maximum absolute atomic E-state index is 13.1. The van der Waals surface area contributed by atoms with Crippen LogP contribution in [-0.2, 0) is 16.2 Å². The van der Waals surface area contributed by atoms with E-state index in [-0.39, 0.29) is 34.8 Å². The molecule has 4 rings (SSSR count). The summed E-state index contributed by atoms with van der Waals surface area (Å²) < 4.78 is 24.3. The van der Waals surface area contributed by atoms with Crippen LogP contribution in [0.4, 0.5) is 9.18 Å². The molecule has 0 radical (unpaired) electrons. The molecule has 0 atom stereocenters. The fourth-order valence-electron chi connectivity index (χ4n) is 4.03. The van der Waals surface area contributed by atoms with E-state index in [9.17, 15) is 18.8 Å². The number of barbiturate groups is 1. The van der Waals surface area contributed by atoms with Crippen molar-refractivity contribution < 1.29 is 28.2 Å². The standard InChI is InChI=1S/C24H22ClFN2O5/c1-32-20-12-15(11-19(25)21(20)33-13-14-6-8-16(26)9-7-14)10-18-22(29)27-24(31)28(23(18)30)17-4-2-3-5-17/h6-12,17H,2-5,13H2,1H3,(H,27,29,31)/b18-10+. The van der Waals surface area contributed by atoms with Gasteiger partial charge in [-0.15, -0.1) is 0 Å². The van der Waals surface area contributed by atoms with Gasteiger partial charge in [0.25, 0.3) is 11.8 Å². The zero-order chi connectivity index (χ0) is 23.5. The van der Waals surface area contributed by atoms with Gasteiger partial charge in [-0.3, -0.25) is 19.8 Å². The lowest BCUT2D eigenvalue weighted by atomic mass is 10.0. The van der Waals surface area contributed by atoms with Crippen molar-refractivity contribution in [3.05, 3.63) is 63.9 Å². The average Bonchev–Trinajstić information content (AvgIpc) is 3.31. The van der Waals surface area contributed by atoms with Crippen molar-refractivity contribution in [3.8, 4) is 11.5 Å². The molecule has 1 saturated carbocycles. The number of hydrogen-bond acceptors (Lipinski definition) is 5. The molecule has 2 aliphatic rings. The number of carbonyl (C=O) groups excluding carboxylic acids is 3. The van der Waals surface area contributed by atoms with Gasteiger partial charge < -0.3 is 9.47 Å². The van der Waals surface area contributed by atoms with Crippen LogP contribution < -0.4 is 14.8 Å². The summed E-state index contributed by atoms with van der Waals surface area (Å²) in [5.74, 6) is -1.16. The normalized spacial score (nSPS) is 18.1. The zero-order valence-corrected chi connectivity index (χ0v) is 18.7. The number of amides is 4. The molecule has 4 amide bonds. The van der Waals surface area contributed by atoms with Gasteiger partial charge in [0.1, 0.15) is 18.0 Å². The highest BCUT2D eigenvalue weighted by Gasteiger charge is 2.40. The van der Waals surface area contributed by atoms with E-state index in [2.05, 4.69) is 5.32 Å². The van der Waals surface area contributed by atoms with E-state index in [1.807, 2.05) is 0 Å². The number of nitrogens with one attached hydrogen (secondary N) is 1. The van der Waals surface area contributed by atoms with Crippen LogP contribution in [0, 0.1) is 5.82 Å². The second-order valence-corrected chi connectivity index (χ2v) is 8.29. The lowest BCUT2D eigenvalue weighted by Crippen LogP contribution is -2.57. The van der Waals surface area contributed by atoms with Gasteiger partial charge in [0.2, 0.25) is 0 Å². The molecule has 2 aromatic rings. The highest BCUT2D eigenvalue weighted by atomic mass is 35.5. The molecule has 1 saturated heterocycles. The predicted octanol–water partition coefficient (Wildman–Crippen LogP) is 4.47. The van der Waals surface area contributed by atoms with Crippen LogP contribution in [0.3, 0.4) is 0 Å². The summed E-state index contributed by atoms with van der Waals surface area (Å²) in [5.41, 5.74) is 1.02. The number of halogens is 2. The molecule has 0 unspecified atom stereocenters. The molecule has 7 nitrogen and oxygen atoms in total. The molecule has 1 aliphatic carbocycles. The summed E-state index contributed by atoms with van der Waals surface area (Å²) in [7, 11) is 1.44. The molecule has 0 spiro atoms. The molecule has 1 aliphatic heterocycles. The summed E-state index contributed by atoms with van der Waals surface area (Å²) in [4.78, 5) is 38.8. The van der Waals surface area contributed by atoms with Gasteiger partial charge in [-0.25, -0.2) is 9.18 Å². The SMILES string of the molecule is COc1cc(/C=C2\C(=O)NC(=O)N(C3CCCC3)C2=O)cc(Cl)c1OCc1ccc(F)cc1. The number of ether oxygens (including phenoxy) is 2. The second-order valence-electron chi connectivity index (χ2n) is 7.88. The number of rotatable bonds is 6. The van der Waals surface area contributed by atoms with Gasteiger partial charge >= 0.3 is 6.03 Å². The first-order valence-electron chi connectivity index (χ1n) is 10.5. The summed E-state index contributed by atoms with van der Waals surface area (Å²) in [6.45, 7) is 0.135. The molecule has 0 aromatic heterocycles. The number of hydrogen-bond donors (Lipinski definition) is 1. The van der Waals surface area contributed by atoms with E-state index in [0.717, 1.165) is 36.1 Å². The predicted molar refractivity (Wildman–Crippen MR) is 119 cm³/mol. The Bertz CT molecular complexity index is 1130. The Morgan fingerprint density at radius 3 is 2.52 bits per heavy atom. The van der Waals surface area contributed by atoms with Crippen LogP contribution in [0.5, 0.6) is 11.5 Å². The largest absolute Gasteiger partial charge is 0.493 e. The van der Waals surface area contributed by atoms with E-state index in [0.29, 0.717) is 11.3 Å². The lowest BCUT2D eigenvalue weighted by molar-refractivity contribution is -0.131. The maximum Gasteiger partial charge on any atom is 0.331 e. The number of methoxy groups -OCH3 is 1. The number of imide groups is 2. The Labute approximate surface area is 195 Å². The summed E-state index contributed by atoms with van der Waals surface area (Å²) in [5, 5.41) is 2.45. The van der Waals surface area contributed by atoms with Crippen molar-refractivity contribution in [2.24, 2.45) is 0 Å². The van der Waals surface area contributed by atoms with E-state index < -0.39 is 17.8 Å². The van der Waals surface area contributed by atoms with Crippen molar-refractivity contribution in [3.63, 3.8) is 0 Å². The van der Waals surface area contributed by atoms with Crippen LogP contribution in [0.25, 0.3) is 6.08 Å². The quantitative estimate of drug-likeness (QED) is 0.495. The first-order chi connectivity index (χ1) is 15.9. The van der Waals surface area contributed by atoms with Gasteiger partial charge in [0.15, 0.2) is 11.5 Å². The van der Waals surface area contributed by atoms with Crippen molar-refractivity contribution in [1.82, 2.24) is 10.2 Å². The first-order valence-corrected chi connectivity index (χ1v) is 10.9. The topological polar surface area (TPSA) is 84.9 Å². The van der Waals surface area contributed by atoms with Crippen molar-refractivity contribution in [2.45, 2.75) is 38.3 Å². The highest BCUT2D eigenvalue weighted by molar-refractivity contribution is 6.33. The van der Waals surface area contributed by atoms with Crippen LogP contribution in [-0.4, -0.2) is 35.9 Å². The van der Waals surface area contributed by atoms with E-state index in [1.165, 1.54) is 31.4 Å². The Balaban J connectivity index is 1.59. The maximum atomic E-state index is 13.1. The third kappa shape index (κ3) is 4.85. The lowest BCUT2D eigenvalue weighted by Gasteiger charge is -2.31. The van der Waals surface area contributed by atoms with Crippen molar-refractivity contribution >= 4 is 35.5 Å². The minimum atomic E-state index is -0.758. The molecular formula is C24H22ClFN2O5. The Kier molecular flexibility index (Phi) is 6.65. The minimum absolute atomic E-state index is 0.135. The summed E-state index contributed by atoms with van der Waals surface area (Å²) >= 11 is 6.41. The summed E-state index contributed by atoms with van der Waals surface area (Å²) in [6.07, 6.45) is 4.69. The molecule has 2 aromatic carbocycles. The molecule has 2 fully saturated rings. The third-order valence-corrected chi connectivity index (χ3v) is 5.96. The van der Waals surface area contributed by atoms with Crippen molar-refractivity contribution in [2.75, 3.05) is 7.11 Å². The number of carbonyl (C=O) groups is 3. The number of benzene rings is 2. The Morgan fingerprint density at radius 1 is 1.15 bits per heavy atom. The fraction of sp³-hybridized carbons (Fsp3) is 0.292. The Morgan fingerprint density at radius 2 is 1.85 bits per heavy atom. The monoisotopic (exact) mass is 472 g/mol. The molecule has 0 bridgehead atoms. The smallest absolute Gasteiger partial charge is 0.331 e. The Hall–Kier alpha value is -3.39. The van der Waals surface area contributed by atoms with E-state index in [1.54, 1.807) is 18.2 Å². The zero-order valence-electron chi connectivity index (χ0n) is 17.9. The van der Waals surface area contributed by atoms with Gasteiger partial charge in [-0.1, -0.05) is 36.6 Å². The molecular weight excluding hydrogens is 451 g/mol. The third-order valence-electron chi connectivity index (χ3n) is 5.68. The van der Waals surface area contributed by atoms with E-state index >= 15 is 0 Å². The second kappa shape index (κ2) is 9.62. The van der Waals surface area contributed by atoms with Crippen LogP contribution in [0.2, 0.25) is 5.02 Å². The number of nitrogens with zero attached hydrogens (tertiary/aromatic N) is 1. The first kappa shape index (κ1) is 22.8. The fourth-order valence-corrected chi connectivity index (χ4v) is 4.30. The van der Waals surface area contributed by atoms with Gasteiger partial charge in [-0.2, -0.15) is 0 Å². The minimum Gasteiger partial charge on any atom is -0.493 e. The van der Waals surface area contributed by atoms with Crippen LogP contribution in [0.1, 0.15) is 36.8 Å². The van der Waals surface area contributed by atoms with Gasteiger partial charge in [-0.05, 0) is 54.3 Å². The van der Waals surface area contributed by atoms with Gasteiger partial charge in [0.05, 0.1) is 12.1 Å². The molecule has 1 N–H and O–H groups in total. The van der Waals surface area contributed by atoms with Gasteiger partial charge in [0, 0.05) is 6.04 Å². The summed E-state index contributed by atoms with van der Waals surface area (Å²) in [6, 6.07) is 8.07. The van der Waals surface area contributed by atoms with Crippen LogP contribution in [0.15, 0.2) is 42.0 Å². The number of urea groups is 1. The molecule has 172 valence electrons. The molecule has 33 heavy (non-hydrogen) atoms. The molecule has 9 heteroatoms. The van der Waals surface area contributed by atoms with Crippen molar-refractivity contribution in [1.29, 1.82) is 0 Å². The average molecular weight is 473 g/mol. The van der Waals surface area contributed by atoms with E-state index in [4.69, 9.17) is 21.1 Å². The molecule has 1 heterocycles. The van der Waals surface area contributed by atoms with Crippen LogP contribution >= 0.6 is 11.6 Å². The highest BCUT2D eigenvalue weighted by Crippen LogP contribution is 2.38.